The highest BCUT2D eigenvalue weighted by Crippen LogP contribution is 2.33. The number of piperazine rings is 1. The van der Waals surface area contributed by atoms with Crippen molar-refractivity contribution in [3.05, 3.63) is 60.2 Å². The smallest absolute Gasteiger partial charge is 0.142 e. The topological polar surface area (TPSA) is 45.8 Å². The van der Waals surface area contributed by atoms with Gasteiger partial charge in [0.15, 0.2) is 0 Å². The van der Waals surface area contributed by atoms with E-state index < -0.39 is 0 Å². The normalized spacial score (nSPS) is 14.1. The molecule has 1 saturated heterocycles. The van der Waals surface area contributed by atoms with Crippen molar-refractivity contribution >= 4 is 28.4 Å². The van der Waals surface area contributed by atoms with Gasteiger partial charge in [-0.2, -0.15) is 0 Å². The van der Waals surface area contributed by atoms with Gasteiger partial charge in [0.1, 0.15) is 11.5 Å². The molecule has 0 spiro atoms. The van der Waals surface area contributed by atoms with E-state index in [1.165, 1.54) is 26.9 Å². The Kier molecular flexibility index (Phi) is 7.00. The molecule has 1 aliphatic heterocycles. The quantitative estimate of drug-likeness (QED) is 0.420. The Morgan fingerprint density at radius 2 is 1.70 bits per heavy atom. The van der Waals surface area contributed by atoms with Crippen LogP contribution in [0.2, 0.25) is 0 Å². The maximum atomic E-state index is 5.59. The minimum absolute atomic E-state index is 0.885. The lowest BCUT2D eigenvalue weighted by atomic mass is 10.0. The van der Waals surface area contributed by atoms with E-state index in [-0.39, 0.29) is 0 Å². The van der Waals surface area contributed by atoms with Crippen molar-refractivity contribution in [3.63, 3.8) is 0 Å². The Labute approximate surface area is 182 Å². The maximum Gasteiger partial charge on any atom is 0.142 e. The van der Waals surface area contributed by atoms with Gasteiger partial charge in [0.05, 0.1) is 19.9 Å². The lowest BCUT2D eigenvalue weighted by Crippen LogP contribution is -2.43. The second kappa shape index (κ2) is 10.1. The van der Waals surface area contributed by atoms with E-state index in [1.54, 1.807) is 26.2 Å². The first-order valence-corrected chi connectivity index (χ1v) is 11.2. The van der Waals surface area contributed by atoms with Crippen molar-refractivity contribution in [2.45, 2.75) is 11.3 Å². The summed E-state index contributed by atoms with van der Waals surface area (Å²) in [6.07, 6.45) is 0.957. The summed E-state index contributed by atoms with van der Waals surface area (Å²) in [5, 5.41) is 5.83. The van der Waals surface area contributed by atoms with Crippen molar-refractivity contribution < 1.29 is 9.47 Å². The summed E-state index contributed by atoms with van der Waals surface area (Å²) in [6.45, 7) is 4.91. The fraction of sp³-hybridized carbons (Fsp3) is 0.333. The summed E-state index contributed by atoms with van der Waals surface area (Å²) in [5.74, 6) is 1.86. The van der Waals surface area contributed by atoms with Crippen molar-refractivity contribution in [2.24, 2.45) is 0 Å². The second-order valence-electron chi connectivity index (χ2n) is 7.29. The molecular weight excluding hydrogens is 394 g/mol. The first-order chi connectivity index (χ1) is 14.8. The highest BCUT2D eigenvalue weighted by atomic mass is 32.2. The molecule has 0 bridgehead atoms. The van der Waals surface area contributed by atoms with Crippen molar-refractivity contribution in [1.29, 1.82) is 0 Å². The van der Waals surface area contributed by atoms with E-state index in [0.717, 1.165) is 50.6 Å². The van der Waals surface area contributed by atoms with Crippen LogP contribution in [-0.2, 0) is 6.42 Å². The fourth-order valence-corrected chi connectivity index (χ4v) is 4.63. The molecule has 1 aliphatic rings. The van der Waals surface area contributed by atoms with Crippen LogP contribution in [0.1, 0.15) is 5.56 Å². The summed E-state index contributed by atoms with van der Waals surface area (Å²) in [4.78, 5) is 3.59. The third kappa shape index (κ3) is 4.67. The average Bonchev–Trinajstić information content (AvgIpc) is 2.82. The molecule has 0 amide bonds. The Balaban J connectivity index is 1.40. The SMILES string of the molecule is COc1ccc(SNCCc2cccc3c(OC)cccc23)cc1N1CCNCC1. The molecule has 6 heteroatoms. The number of benzene rings is 3. The number of nitrogens with zero attached hydrogens (tertiary/aromatic N) is 1. The highest BCUT2D eigenvalue weighted by molar-refractivity contribution is 7.97. The van der Waals surface area contributed by atoms with E-state index in [4.69, 9.17) is 9.47 Å². The van der Waals surface area contributed by atoms with Gasteiger partial charge in [-0.15, -0.1) is 0 Å². The van der Waals surface area contributed by atoms with Gasteiger partial charge in [0, 0.05) is 43.0 Å². The molecule has 1 fully saturated rings. The van der Waals surface area contributed by atoms with E-state index in [0.29, 0.717) is 0 Å². The zero-order valence-electron chi connectivity index (χ0n) is 17.6. The van der Waals surface area contributed by atoms with Crippen LogP contribution in [0.5, 0.6) is 11.5 Å². The number of fused-ring (bicyclic) bond motifs is 1. The van der Waals surface area contributed by atoms with Crippen LogP contribution in [0.3, 0.4) is 0 Å². The Morgan fingerprint density at radius 3 is 2.50 bits per heavy atom. The second-order valence-corrected chi connectivity index (χ2v) is 8.25. The number of anilines is 1. The van der Waals surface area contributed by atoms with Crippen molar-refractivity contribution in [3.8, 4) is 11.5 Å². The molecule has 0 saturated carbocycles. The first-order valence-electron chi connectivity index (χ1n) is 10.4. The molecule has 3 aromatic carbocycles. The summed E-state index contributed by atoms with van der Waals surface area (Å²) in [6, 6.07) is 19.1. The molecule has 30 heavy (non-hydrogen) atoms. The molecule has 0 unspecified atom stereocenters. The van der Waals surface area contributed by atoms with Crippen LogP contribution in [0.25, 0.3) is 10.8 Å². The van der Waals surface area contributed by atoms with Crippen LogP contribution in [-0.4, -0.2) is 46.9 Å². The van der Waals surface area contributed by atoms with Crippen LogP contribution < -0.4 is 24.4 Å². The van der Waals surface area contributed by atoms with E-state index >= 15 is 0 Å². The van der Waals surface area contributed by atoms with Crippen LogP contribution in [0, 0.1) is 0 Å². The van der Waals surface area contributed by atoms with Crippen LogP contribution >= 0.6 is 11.9 Å². The molecular formula is C24H29N3O2S. The Morgan fingerprint density at radius 1 is 0.933 bits per heavy atom. The van der Waals surface area contributed by atoms with Gasteiger partial charge in [-0.1, -0.05) is 30.3 Å². The predicted molar refractivity (Wildman–Crippen MR) is 126 cm³/mol. The molecule has 0 aromatic heterocycles. The molecule has 2 N–H and O–H groups in total. The number of hydrogen-bond donors (Lipinski definition) is 2. The van der Waals surface area contributed by atoms with Crippen LogP contribution in [0.4, 0.5) is 5.69 Å². The van der Waals surface area contributed by atoms with E-state index in [1.807, 2.05) is 6.07 Å². The molecule has 0 radical (unpaired) electrons. The minimum Gasteiger partial charge on any atom is -0.496 e. The van der Waals surface area contributed by atoms with Gasteiger partial charge >= 0.3 is 0 Å². The predicted octanol–water partition coefficient (Wildman–Crippen LogP) is 4.11. The zero-order chi connectivity index (χ0) is 20.8. The monoisotopic (exact) mass is 423 g/mol. The lowest BCUT2D eigenvalue weighted by molar-refractivity contribution is 0.412. The Hall–Kier alpha value is -2.41. The van der Waals surface area contributed by atoms with E-state index in [2.05, 4.69) is 63.5 Å². The standard InChI is InChI=1S/C24H29N3O2S/c1-28-23-8-4-6-20-18(5-3-7-21(20)23)11-12-26-30-19-9-10-24(29-2)22(17-19)27-15-13-25-14-16-27/h3-10,17,25-26H,11-16H2,1-2H3. The molecule has 3 aromatic rings. The minimum atomic E-state index is 0.885. The number of nitrogens with one attached hydrogen (secondary N) is 2. The third-order valence-electron chi connectivity index (χ3n) is 5.49. The molecule has 1 heterocycles. The zero-order valence-corrected chi connectivity index (χ0v) is 18.4. The van der Waals surface area contributed by atoms with Gasteiger partial charge in [-0.05, 0) is 53.6 Å². The number of methoxy groups -OCH3 is 2. The van der Waals surface area contributed by atoms with Gasteiger partial charge in [-0.3, -0.25) is 4.72 Å². The molecule has 0 atom stereocenters. The molecule has 4 rings (SSSR count). The van der Waals surface area contributed by atoms with Gasteiger partial charge < -0.3 is 19.7 Å². The summed E-state index contributed by atoms with van der Waals surface area (Å²) < 4.78 is 14.6. The molecule has 158 valence electrons. The molecule has 0 aliphatic carbocycles. The third-order valence-corrected chi connectivity index (χ3v) is 6.32. The lowest BCUT2D eigenvalue weighted by Gasteiger charge is -2.30. The maximum absolute atomic E-state index is 5.59. The van der Waals surface area contributed by atoms with Gasteiger partial charge in [-0.25, -0.2) is 0 Å². The largest absolute Gasteiger partial charge is 0.496 e. The van der Waals surface area contributed by atoms with Gasteiger partial charge in [0.2, 0.25) is 0 Å². The number of rotatable bonds is 8. The Bertz CT molecular complexity index is 989. The molecule has 5 nitrogen and oxygen atoms in total. The van der Waals surface area contributed by atoms with E-state index in [9.17, 15) is 0 Å². The summed E-state index contributed by atoms with van der Waals surface area (Å²) >= 11 is 1.68. The van der Waals surface area contributed by atoms with Gasteiger partial charge in [0.25, 0.3) is 0 Å². The first kappa shape index (κ1) is 20.8. The fourth-order valence-electron chi connectivity index (χ4n) is 3.95. The number of hydrogen-bond acceptors (Lipinski definition) is 6. The average molecular weight is 424 g/mol. The van der Waals surface area contributed by atoms with Crippen molar-refractivity contribution in [2.75, 3.05) is 51.8 Å². The summed E-state index contributed by atoms with van der Waals surface area (Å²) in [7, 11) is 3.47. The highest BCUT2D eigenvalue weighted by Gasteiger charge is 2.15. The van der Waals surface area contributed by atoms with Crippen LogP contribution in [0.15, 0.2) is 59.5 Å². The number of ether oxygens (including phenoxy) is 2. The summed E-state index contributed by atoms with van der Waals surface area (Å²) in [5.41, 5.74) is 2.50. The van der Waals surface area contributed by atoms with Crippen molar-refractivity contribution in [1.82, 2.24) is 10.0 Å².